The maximum Gasteiger partial charge on any atom is 0.207 e. The summed E-state index contributed by atoms with van der Waals surface area (Å²) in [7, 11) is 0. The molecule has 1 aromatic heterocycles. The van der Waals surface area contributed by atoms with Gasteiger partial charge in [-0.2, -0.15) is 0 Å². The van der Waals surface area contributed by atoms with E-state index in [0.717, 1.165) is 16.3 Å². The van der Waals surface area contributed by atoms with Gasteiger partial charge in [-0.15, -0.1) is 10.2 Å². The van der Waals surface area contributed by atoms with E-state index in [0.29, 0.717) is 11.1 Å². The molecular weight excluding hydrogens is 256 g/mol. The molecule has 5 heteroatoms. The Bertz CT molecular complexity index is 539. The summed E-state index contributed by atoms with van der Waals surface area (Å²) in [5.41, 5.74) is 3.58. The molecule has 0 N–H and O–H groups in total. The number of benzene rings is 1. The molecule has 0 unspecified atom stereocenters. The lowest BCUT2D eigenvalue weighted by Crippen LogP contribution is -1.98. The van der Waals surface area contributed by atoms with Gasteiger partial charge in [-0.3, -0.25) is 0 Å². The molecule has 1 heterocycles. The van der Waals surface area contributed by atoms with Crippen LogP contribution in [0.5, 0.6) is 5.75 Å². The van der Waals surface area contributed by atoms with E-state index in [-0.39, 0.29) is 0 Å². The summed E-state index contributed by atoms with van der Waals surface area (Å²) in [5, 5.41) is 8.44. The normalized spacial score (nSPS) is 10.6. The lowest BCUT2D eigenvalue weighted by Gasteiger charge is -2.11. The third kappa shape index (κ3) is 2.96. The predicted octanol–water partition coefficient (Wildman–Crippen LogP) is 3.70. The van der Waals surface area contributed by atoms with E-state index in [2.05, 4.69) is 37.0 Å². The third-order valence-electron chi connectivity index (χ3n) is 2.56. The Kier molecular flexibility index (Phi) is 3.64. The molecule has 0 amide bonds. The van der Waals surface area contributed by atoms with Crippen LogP contribution in [0.15, 0.2) is 12.1 Å². The third-order valence-corrected chi connectivity index (χ3v) is 3.55. The molecule has 0 saturated carbocycles. The molecule has 3 nitrogen and oxygen atoms in total. The van der Waals surface area contributed by atoms with Gasteiger partial charge in [0.2, 0.25) is 4.47 Å². The second kappa shape index (κ2) is 5.02. The van der Waals surface area contributed by atoms with Gasteiger partial charge in [-0.25, -0.2) is 0 Å². The Morgan fingerprint density at radius 2 is 2.00 bits per heavy atom. The smallest absolute Gasteiger partial charge is 0.207 e. The van der Waals surface area contributed by atoms with E-state index in [1.807, 2.05) is 6.07 Å². The van der Waals surface area contributed by atoms with Gasteiger partial charge in [0, 0.05) is 0 Å². The van der Waals surface area contributed by atoms with Crippen molar-refractivity contribution in [2.45, 2.75) is 27.4 Å². The highest BCUT2D eigenvalue weighted by molar-refractivity contribution is 7.15. The van der Waals surface area contributed by atoms with Gasteiger partial charge in [0.1, 0.15) is 12.4 Å². The van der Waals surface area contributed by atoms with Crippen molar-refractivity contribution in [1.82, 2.24) is 10.2 Å². The van der Waals surface area contributed by atoms with Gasteiger partial charge in [0.15, 0.2) is 5.01 Å². The van der Waals surface area contributed by atoms with Crippen LogP contribution in [0.3, 0.4) is 0 Å². The van der Waals surface area contributed by atoms with Gasteiger partial charge in [0.05, 0.1) is 0 Å². The van der Waals surface area contributed by atoms with Crippen molar-refractivity contribution in [3.05, 3.63) is 38.3 Å². The Morgan fingerprint density at radius 1 is 1.24 bits per heavy atom. The second-order valence-electron chi connectivity index (χ2n) is 3.94. The van der Waals surface area contributed by atoms with Crippen LogP contribution in [0.1, 0.15) is 21.7 Å². The van der Waals surface area contributed by atoms with E-state index >= 15 is 0 Å². The van der Waals surface area contributed by atoms with Crippen molar-refractivity contribution in [3.63, 3.8) is 0 Å². The highest BCUT2D eigenvalue weighted by atomic mass is 35.5. The van der Waals surface area contributed by atoms with Crippen molar-refractivity contribution < 1.29 is 4.74 Å². The van der Waals surface area contributed by atoms with Crippen molar-refractivity contribution in [2.75, 3.05) is 0 Å². The van der Waals surface area contributed by atoms with Crippen LogP contribution >= 0.6 is 22.9 Å². The van der Waals surface area contributed by atoms with Crippen molar-refractivity contribution in [3.8, 4) is 5.75 Å². The number of hydrogen-bond acceptors (Lipinski definition) is 4. The summed E-state index contributed by atoms with van der Waals surface area (Å²) in [5.74, 6) is 0.897. The molecule has 0 aliphatic heterocycles. The van der Waals surface area contributed by atoms with Gasteiger partial charge >= 0.3 is 0 Å². The summed E-state index contributed by atoms with van der Waals surface area (Å²) in [6, 6.07) is 4.18. The lowest BCUT2D eigenvalue weighted by molar-refractivity contribution is 0.302. The van der Waals surface area contributed by atoms with Crippen LogP contribution < -0.4 is 4.74 Å². The zero-order chi connectivity index (χ0) is 12.4. The fourth-order valence-electron chi connectivity index (χ4n) is 1.58. The number of nitrogens with zero attached hydrogens (tertiary/aromatic N) is 2. The molecule has 0 fully saturated rings. The minimum Gasteiger partial charge on any atom is -0.486 e. The highest BCUT2D eigenvalue weighted by Gasteiger charge is 2.06. The zero-order valence-corrected chi connectivity index (χ0v) is 11.5. The molecule has 90 valence electrons. The van der Waals surface area contributed by atoms with Crippen molar-refractivity contribution in [1.29, 1.82) is 0 Å². The van der Waals surface area contributed by atoms with Crippen molar-refractivity contribution in [2.24, 2.45) is 0 Å². The van der Waals surface area contributed by atoms with Crippen LogP contribution in [0.2, 0.25) is 4.47 Å². The molecule has 0 atom stereocenters. The quantitative estimate of drug-likeness (QED) is 0.851. The van der Waals surface area contributed by atoms with E-state index in [9.17, 15) is 0 Å². The number of aromatic nitrogens is 2. The van der Waals surface area contributed by atoms with Crippen LogP contribution in [0.4, 0.5) is 0 Å². The fraction of sp³-hybridized carbons (Fsp3) is 0.333. The minimum atomic E-state index is 0.411. The van der Waals surface area contributed by atoms with E-state index in [4.69, 9.17) is 16.3 Å². The molecule has 1 aromatic carbocycles. The molecule has 0 saturated heterocycles. The van der Waals surface area contributed by atoms with Gasteiger partial charge < -0.3 is 4.74 Å². The molecule has 2 aromatic rings. The van der Waals surface area contributed by atoms with Crippen LogP contribution in [0, 0.1) is 20.8 Å². The Hall–Kier alpha value is -1.13. The monoisotopic (exact) mass is 268 g/mol. The Balaban J connectivity index is 2.14. The van der Waals surface area contributed by atoms with Gasteiger partial charge in [-0.1, -0.05) is 17.4 Å². The summed E-state index contributed by atoms with van der Waals surface area (Å²) in [6.07, 6.45) is 0. The van der Waals surface area contributed by atoms with E-state index in [1.165, 1.54) is 22.5 Å². The summed E-state index contributed by atoms with van der Waals surface area (Å²) >= 11 is 7.05. The highest BCUT2D eigenvalue weighted by Crippen LogP contribution is 2.25. The van der Waals surface area contributed by atoms with Crippen LogP contribution in [-0.4, -0.2) is 10.2 Å². The first kappa shape index (κ1) is 12.3. The number of hydrogen-bond donors (Lipinski definition) is 0. The molecule has 0 radical (unpaired) electrons. The van der Waals surface area contributed by atoms with Crippen LogP contribution in [0.25, 0.3) is 0 Å². The largest absolute Gasteiger partial charge is 0.486 e. The topological polar surface area (TPSA) is 35.0 Å². The lowest BCUT2D eigenvalue weighted by atomic mass is 10.1. The SMILES string of the molecule is Cc1cc(C)c(C)c(OCc2nnc(Cl)s2)c1. The Morgan fingerprint density at radius 3 is 2.65 bits per heavy atom. The molecular formula is C12H13ClN2OS. The predicted molar refractivity (Wildman–Crippen MR) is 69.9 cm³/mol. The fourth-order valence-corrected chi connectivity index (χ4v) is 2.36. The maximum atomic E-state index is 5.75. The number of halogens is 1. The van der Waals surface area contributed by atoms with Crippen molar-refractivity contribution >= 4 is 22.9 Å². The first-order valence-electron chi connectivity index (χ1n) is 5.25. The average molecular weight is 269 g/mol. The van der Waals surface area contributed by atoms with Gasteiger partial charge in [-0.05, 0) is 55.1 Å². The molecule has 2 rings (SSSR count). The number of rotatable bonds is 3. The van der Waals surface area contributed by atoms with E-state index < -0.39 is 0 Å². The minimum absolute atomic E-state index is 0.411. The molecule has 0 bridgehead atoms. The maximum absolute atomic E-state index is 5.75. The zero-order valence-electron chi connectivity index (χ0n) is 9.95. The number of ether oxygens (including phenoxy) is 1. The second-order valence-corrected chi connectivity index (χ2v) is 5.59. The standard InChI is InChI=1S/C12H13ClN2OS/c1-7-4-8(2)9(3)10(5-7)16-6-11-14-15-12(13)17-11/h4-5H,6H2,1-3H3. The van der Waals surface area contributed by atoms with E-state index in [1.54, 1.807) is 0 Å². The summed E-state index contributed by atoms with van der Waals surface area (Å²) in [4.78, 5) is 0. The first-order chi connectivity index (χ1) is 8.06. The molecule has 0 spiro atoms. The number of aryl methyl sites for hydroxylation is 2. The summed E-state index contributed by atoms with van der Waals surface area (Å²) < 4.78 is 6.19. The van der Waals surface area contributed by atoms with Gasteiger partial charge in [0.25, 0.3) is 0 Å². The first-order valence-corrected chi connectivity index (χ1v) is 6.44. The molecule has 0 aliphatic rings. The Labute approximate surface area is 109 Å². The molecule has 0 aliphatic carbocycles. The average Bonchev–Trinajstić information content (AvgIpc) is 2.67. The summed E-state index contributed by atoms with van der Waals surface area (Å²) in [6.45, 7) is 6.60. The molecule has 17 heavy (non-hydrogen) atoms. The van der Waals surface area contributed by atoms with Crippen LogP contribution in [-0.2, 0) is 6.61 Å².